The third kappa shape index (κ3) is 13.1. The zero-order valence-electron chi connectivity index (χ0n) is 18.5. The summed E-state index contributed by atoms with van der Waals surface area (Å²) in [5.41, 5.74) is 1.03. The van der Waals surface area contributed by atoms with Crippen molar-refractivity contribution in [2.75, 3.05) is 13.2 Å². The van der Waals surface area contributed by atoms with Crippen molar-refractivity contribution in [3.8, 4) is 0 Å². The monoisotopic (exact) mass is 404 g/mol. The fourth-order valence-corrected chi connectivity index (χ4v) is 3.24. The van der Waals surface area contributed by atoms with Gasteiger partial charge in [0.2, 0.25) is 0 Å². The predicted octanol–water partition coefficient (Wildman–Crippen LogP) is 6.58. The molecule has 0 unspecified atom stereocenters. The first kappa shape index (κ1) is 25.2. The number of ether oxygens (including phenoxy) is 2. The molecule has 1 rings (SSSR count). The second-order valence-corrected chi connectivity index (χ2v) is 7.80. The predicted molar refractivity (Wildman–Crippen MR) is 118 cm³/mol. The van der Waals surface area contributed by atoms with Crippen LogP contribution in [-0.4, -0.2) is 25.2 Å². The summed E-state index contributed by atoms with van der Waals surface area (Å²) in [5.74, 6) is -0.446. The van der Waals surface area contributed by atoms with Gasteiger partial charge in [0, 0.05) is 12.8 Å². The molecule has 4 nitrogen and oxygen atoms in total. The molecule has 0 aliphatic carbocycles. The summed E-state index contributed by atoms with van der Waals surface area (Å²) in [6, 6.07) is 9.83. The van der Waals surface area contributed by atoms with E-state index >= 15 is 0 Å². The Morgan fingerprint density at radius 2 is 1.14 bits per heavy atom. The van der Waals surface area contributed by atoms with E-state index in [1.807, 2.05) is 30.3 Å². The summed E-state index contributed by atoms with van der Waals surface area (Å²) in [5, 5.41) is 0. The SMILES string of the molecule is CCCCCCCC(=O)OCC(COC(=O)CCCCCCC)c1ccccc1. The molecule has 0 radical (unpaired) electrons. The van der Waals surface area contributed by atoms with Crippen LogP contribution < -0.4 is 0 Å². The second kappa shape index (κ2) is 17.1. The lowest BCUT2D eigenvalue weighted by molar-refractivity contribution is -0.147. The highest BCUT2D eigenvalue weighted by molar-refractivity contribution is 5.70. The Labute approximate surface area is 177 Å². The van der Waals surface area contributed by atoms with Gasteiger partial charge in [-0.05, 0) is 18.4 Å². The van der Waals surface area contributed by atoms with E-state index in [4.69, 9.17) is 9.47 Å². The summed E-state index contributed by atoms with van der Waals surface area (Å²) >= 11 is 0. The van der Waals surface area contributed by atoms with Crippen molar-refractivity contribution >= 4 is 11.9 Å². The van der Waals surface area contributed by atoms with Crippen molar-refractivity contribution in [3.63, 3.8) is 0 Å². The maximum atomic E-state index is 12.0. The summed E-state index contributed by atoms with van der Waals surface area (Å²) in [6.07, 6.45) is 12.0. The van der Waals surface area contributed by atoms with Crippen LogP contribution in [0.3, 0.4) is 0 Å². The number of benzene rings is 1. The van der Waals surface area contributed by atoms with E-state index in [9.17, 15) is 9.59 Å². The van der Waals surface area contributed by atoms with Crippen LogP contribution in [0.2, 0.25) is 0 Å². The molecule has 0 N–H and O–H groups in total. The summed E-state index contributed by atoms with van der Waals surface area (Å²) in [7, 11) is 0. The number of hydrogen-bond donors (Lipinski definition) is 0. The molecule has 0 amide bonds. The fraction of sp³-hybridized carbons (Fsp3) is 0.680. The zero-order valence-corrected chi connectivity index (χ0v) is 18.5. The minimum atomic E-state index is -0.162. The van der Waals surface area contributed by atoms with Gasteiger partial charge in [0.05, 0.1) is 5.92 Å². The topological polar surface area (TPSA) is 52.6 Å². The van der Waals surface area contributed by atoms with Crippen molar-refractivity contribution in [3.05, 3.63) is 35.9 Å². The Hall–Kier alpha value is -1.84. The highest BCUT2D eigenvalue weighted by Gasteiger charge is 2.17. The minimum absolute atomic E-state index is 0.121. The van der Waals surface area contributed by atoms with Crippen LogP contribution in [0.25, 0.3) is 0 Å². The Kier molecular flexibility index (Phi) is 14.8. The number of rotatable bonds is 17. The van der Waals surface area contributed by atoms with Gasteiger partial charge >= 0.3 is 11.9 Å². The molecule has 0 aliphatic heterocycles. The Balaban J connectivity index is 2.37. The first-order valence-corrected chi connectivity index (χ1v) is 11.5. The van der Waals surface area contributed by atoms with Crippen molar-refractivity contribution in [1.82, 2.24) is 0 Å². The number of carbonyl (C=O) groups excluding carboxylic acids is 2. The van der Waals surface area contributed by atoms with Crippen LogP contribution in [-0.2, 0) is 19.1 Å². The fourth-order valence-electron chi connectivity index (χ4n) is 3.24. The second-order valence-electron chi connectivity index (χ2n) is 7.80. The smallest absolute Gasteiger partial charge is 0.305 e. The maximum Gasteiger partial charge on any atom is 0.305 e. The van der Waals surface area contributed by atoms with Gasteiger partial charge in [-0.25, -0.2) is 0 Å². The lowest BCUT2D eigenvalue weighted by atomic mass is 10.0. The molecular formula is C25H40O4. The van der Waals surface area contributed by atoms with Crippen LogP contribution in [0.4, 0.5) is 0 Å². The number of unbranched alkanes of at least 4 members (excludes halogenated alkanes) is 8. The average Bonchev–Trinajstić information content (AvgIpc) is 2.74. The van der Waals surface area contributed by atoms with Crippen LogP contribution >= 0.6 is 0 Å². The van der Waals surface area contributed by atoms with Gasteiger partial charge in [-0.2, -0.15) is 0 Å². The summed E-state index contributed by atoms with van der Waals surface area (Å²) in [4.78, 5) is 24.1. The largest absolute Gasteiger partial charge is 0.465 e. The van der Waals surface area contributed by atoms with Gasteiger partial charge in [-0.1, -0.05) is 95.5 Å². The molecular weight excluding hydrogens is 364 g/mol. The quantitative estimate of drug-likeness (QED) is 0.217. The Morgan fingerprint density at radius 3 is 1.59 bits per heavy atom. The van der Waals surface area contributed by atoms with E-state index < -0.39 is 0 Å². The van der Waals surface area contributed by atoms with E-state index in [1.54, 1.807) is 0 Å². The molecule has 0 saturated heterocycles. The molecule has 0 fully saturated rings. The number of carbonyl (C=O) groups is 2. The molecule has 1 aromatic carbocycles. The van der Waals surface area contributed by atoms with Gasteiger partial charge < -0.3 is 9.47 Å². The average molecular weight is 405 g/mol. The van der Waals surface area contributed by atoms with E-state index in [0.29, 0.717) is 12.8 Å². The Morgan fingerprint density at radius 1 is 0.690 bits per heavy atom. The minimum Gasteiger partial charge on any atom is -0.465 e. The molecule has 0 saturated carbocycles. The first-order valence-electron chi connectivity index (χ1n) is 11.5. The van der Waals surface area contributed by atoms with E-state index in [2.05, 4.69) is 13.8 Å². The number of esters is 2. The summed E-state index contributed by atoms with van der Waals surface area (Å²) in [6.45, 7) is 4.86. The van der Waals surface area contributed by atoms with E-state index in [1.165, 1.54) is 38.5 Å². The zero-order chi connectivity index (χ0) is 21.2. The standard InChI is InChI=1S/C25H40O4/c1-3-5-7-9-14-18-24(26)28-20-23(22-16-12-11-13-17-22)21-29-25(27)19-15-10-8-6-4-2/h11-13,16-17,23H,3-10,14-15,18-21H2,1-2H3. The summed E-state index contributed by atoms with van der Waals surface area (Å²) < 4.78 is 11.0. The van der Waals surface area contributed by atoms with Crippen molar-refractivity contribution in [2.24, 2.45) is 0 Å². The third-order valence-corrected chi connectivity index (χ3v) is 5.13. The van der Waals surface area contributed by atoms with Crippen LogP contribution in [0.1, 0.15) is 102 Å². The molecule has 0 spiro atoms. The van der Waals surface area contributed by atoms with Crippen molar-refractivity contribution in [1.29, 1.82) is 0 Å². The normalized spacial score (nSPS) is 10.9. The molecule has 0 heterocycles. The van der Waals surface area contributed by atoms with Gasteiger partial charge in [0.1, 0.15) is 13.2 Å². The highest BCUT2D eigenvalue weighted by atomic mass is 16.5. The molecule has 164 valence electrons. The maximum absolute atomic E-state index is 12.0. The van der Waals surface area contributed by atoms with E-state index in [-0.39, 0.29) is 31.1 Å². The number of hydrogen-bond acceptors (Lipinski definition) is 4. The van der Waals surface area contributed by atoms with Crippen LogP contribution in [0.5, 0.6) is 0 Å². The Bertz CT molecular complexity index is 511. The molecule has 0 aliphatic rings. The van der Waals surface area contributed by atoms with Gasteiger partial charge in [0.15, 0.2) is 0 Å². The molecule has 0 aromatic heterocycles. The van der Waals surface area contributed by atoms with Gasteiger partial charge in [-0.3, -0.25) is 9.59 Å². The molecule has 29 heavy (non-hydrogen) atoms. The molecule has 1 aromatic rings. The van der Waals surface area contributed by atoms with E-state index in [0.717, 1.165) is 31.2 Å². The first-order chi connectivity index (χ1) is 14.2. The van der Waals surface area contributed by atoms with Crippen molar-refractivity contribution in [2.45, 2.75) is 96.8 Å². The third-order valence-electron chi connectivity index (χ3n) is 5.13. The van der Waals surface area contributed by atoms with Gasteiger partial charge in [-0.15, -0.1) is 0 Å². The van der Waals surface area contributed by atoms with Crippen LogP contribution in [0.15, 0.2) is 30.3 Å². The molecule has 0 atom stereocenters. The van der Waals surface area contributed by atoms with Crippen molar-refractivity contribution < 1.29 is 19.1 Å². The lowest BCUT2D eigenvalue weighted by Gasteiger charge is -2.18. The lowest BCUT2D eigenvalue weighted by Crippen LogP contribution is -2.19. The molecule has 0 bridgehead atoms. The van der Waals surface area contributed by atoms with Crippen LogP contribution in [0, 0.1) is 0 Å². The molecule has 4 heteroatoms. The highest BCUT2D eigenvalue weighted by Crippen LogP contribution is 2.18. The van der Waals surface area contributed by atoms with Gasteiger partial charge in [0.25, 0.3) is 0 Å².